The van der Waals surface area contributed by atoms with Crippen LogP contribution in [-0.4, -0.2) is 29.1 Å². The minimum atomic E-state index is 0.0167. The average Bonchev–Trinajstić information content (AvgIpc) is 2.81. The van der Waals surface area contributed by atoms with Crippen LogP contribution in [0.3, 0.4) is 0 Å². The molecule has 0 unspecified atom stereocenters. The van der Waals surface area contributed by atoms with E-state index in [0.717, 1.165) is 36.2 Å². The zero-order valence-electron chi connectivity index (χ0n) is 12.6. The van der Waals surface area contributed by atoms with Crippen molar-refractivity contribution in [1.29, 1.82) is 0 Å². The topological polar surface area (TPSA) is 56.1 Å². The van der Waals surface area contributed by atoms with Crippen LogP contribution in [0.4, 0.5) is 0 Å². The number of hydrogen-bond acceptors (Lipinski definition) is 3. The Balaban J connectivity index is 2.04. The summed E-state index contributed by atoms with van der Waals surface area (Å²) in [6, 6.07) is 2.07. The highest BCUT2D eigenvalue weighted by molar-refractivity contribution is 5.84. The fraction of sp³-hybridized carbons (Fsp3) is 0.500. The van der Waals surface area contributed by atoms with Crippen LogP contribution in [0.2, 0.25) is 0 Å². The van der Waals surface area contributed by atoms with Crippen LogP contribution in [0.25, 0.3) is 11.0 Å². The number of aryl methyl sites for hydroxylation is 1. The van der Waals surface area contributed by atoms with Crippen molar-refractivity contribution in [3.05, 3.63) is 23.5 Å². The Bertz CT molecular complexity index is 676. The van der Waals surface area contributed by atoms with E-state index in [1.54, 1.807) is 20.2 Å². The second-order valence-corrected chi connectivity index (χ2v) is 5.51. The lowest BCUT2D eigenvalue weighted by Crippen LogP contribution is -2.23. The van der Waals surface area contributed by atoms with Crippen molar-refractivity contribution in [2.24, 2.45) is 0 Å². The van der Waals surface area contributed by atoms with Crippen molar-refractivity contribution in [1.82, 2.24) is 14.9 Å². The number of pyridine rings is 1. The summed E-state index contributed by atoms with van der Waals surface area (Å²) in [5, 5.41) is 4.05. The van der Waals surface area contributed by atoms with Crippen LogP contribution in [0.15, 0.2) is 12.3 Å². The molecule has 0 aromatic carbocycles. The summed E-state index contributed by atoms with van der Waals surface area (Å²) in [5.41, 5.74) is 3.73. The van der Waals surface area contributed by atoms with Gasteiger partial charge in [0.25, 0.3) is 0 Å². The van der Waals surface area contributed by atoms with Crippen molar-refractivity contribution in [2.75, 3.05) is 13.7 Å². The van der Waals surface area contributed by atoms with Gasteiger partial charge in [0.15, 0.2) is 0 Å². The number of amides is 1. The van der Waals surface area contributed by atoms with Gasteiger partial charge in [-0.1, -0.05) is 0 Å². The first-order valence-electron chi connectivity index (χ1n) is 7.49. The van der Waals surface area contributed by atoms with Gasteiger partial charge in [0.05, 0.1) is 13.3 Å². The standard InChI is InChI=1S/C16H21N3O2/c1-11(20)17-7-6-13-14-9-12(21-2)10-18-16(14)19-8-4-3-5-15(13)19/h9-10H,3-8H2,1-2H3,(H,17,20). The van der Waals surface area contributed by atoms with Gasteiger partial charge in [-0.25, -0.2) is 4.98 Å². The Morgan fingerprint density at radius 3 is 3.10 bits per heavy atom. The van der Waals surface area contributed by atoms with Crippen LogP contribution >= 0.6 is 0 Å². The molecule has 0 spiro atoms. The smallest absolute Gasteiger partial charge is 0.216 e. The molecule has 0 saturated heterocycles. The van der Waals surface area contributed by atoms with Gasteiger partial charge in [0, 0.05) is 31.1 Å². The molecule has 112 valence electrons. The number of nitrogens with one attached hydrogen (secondary N) is 1. The largest absolute Gasteiger partial charge is 0.495 e. The quantitative estimate of drug-likeness (QED) is 0.936. The molecule has 1 N–H and O–H groups in total. The van der Waals surface area contributed by atoms with Gasteiger partial charge in [-0.15, -0.1) is 0 Å². The molecule has 3 rings (SSSR count). The Labute approximate surface area is 124 Å². The Morgan fingerprint density at radius 1 is 1.48 bits per heavy atom. The number of nitrogens with zero attached hydrogens (tertiary/aromatic N) is 2. The highest BCUT2D eigenvalue weighted by Gasteiger charge is 2.20. The molecule has 0 fully saturated rings. The van der Waals surface area contributed by atoms with Crippen molar-refractivity contribution in [3.8, 4) is 5.75 Å². The molecule has 21 heavy (non-hydrogen) atoms. The molecule has 5 nitrogen and oxygen atoms in total. The predicted octanol–water partition coefficient (Wildman–Crippen LogP) is 2.06. The van der Waals surface area contributed by atoms with E-state index in [1.807, 2.05) is 0 Å². The van der Waals surface area contributed by atoms with Gasteiger partial charge in [-0.05, 0) is 37.3 Å². The Morgan fingerprint density at radius 2 is 2.33 bits per heavy atom. The molecule has 3 heterocycles. The molecule has 1 aliphatic rings. The molecule has 2 aromatic heterocycles. The highest BCUT2D eigenvalue weighted by Crippen LogP contribution is 2.31. The second kappa shape index (κ2) is 5.76. The van der Waals surface area contributed by atoms with Gasteiger partial charge in [0.1, 0.15) is 11.4 Å². The second-order valence-electron chi connectivity index (χ2n) is 5.51. The van der Waals surface area contributed by atoms with Gasteiger partial charge in [0.2, 0.25) is 5.91 Å². The van der Waals surface area contributed by atoms with Crippen LogP contribution in [0, 0.1) is 0 Å². The minimum absolute atomic E-state index is 0.0167. The fourth-order valence-corrected chi connectivity index (χ4v) is 3.16. The van der Waals surface area contributed by atoms with E-state index in [0.29, 0.717) is 6.54 Å². The maximum absolute atomic E-state index is 11.1. The number of carbonyl (C=O) groups is 1. The lowest BCUT2D eigenvalue weighted by molar-refractivity contribution is -0.118. The molecule has 0 bridgehead atoms. The number of hydrogen-bond donors (Lipinski definition) is 1. The van der Waals surface area contributed by atoms with E-state index >= 15 is 0 Å². The zero-order chi connectivity index (χ0) is 14.8. The van der Waals surface area contributed by atoms with E-state index < -0.39 is 0 Å². The first-order chi connectivity index (χ1) is 10.2. The monoisotopic (exact) mass is 287 g/mol. The van der Waals surface area contributed by atoms with E-state index in [2.05, 4.69) is 20.9 Å². The number of aromatic nitrogens is 2. The van der Waals surface area contributed by atoms with Crippen molar-refractivity contribution in [3.63, 3.8) is 0 Å². The zero-order valence-corrected chi connectivity index (χ0v) is 12.6. The van der Waals surface area contributed by atoms with Crippen molar-refractivity contribution < 1.29 is 9.53 Å². The molecule has 5 heteroatoms. The molecular weight excluding hydrogens is 266 g/mol. The van der Waals surface area contributed by atoms with E-state index in [9.17, 15) is 4.79 Å². The number of rotatable bonds is 4. The fourth-order valence-electron chi connectivity index (χ4n) is 3.16. The summed E-state index contributed by atoms with van der Waals surface area (Å²) < 4.78 is 7.65. The molecule has 0 saturated carbocycles. The van der Waals surface area contributed by atoms with Gasteiger partial charge >= 0.3 is 0 Å². The summed E-state index contributed by atoms with van der Waals surface area (Å²) in [6.07, 6.45) is 6.14. The number of methoxy groups -OCH3 is 1. The summed E-state index contributed by atoms with van der Waals surface area (Å²) in [6.45, 7) is 3.25. The van der Waals surface area contributed by atoms with Crippen molar-refractivity contribution >= 4 is 16.9 Å². The first-order valence-corrected chi connectivity index (χ1v) is 7.49. The lowest BCUT2D eigenvalue weighted by Gasteiger charge is -2.16. The van der Waals surface area contributed by atoms with E-state index in [-0.39, 0.29) is 5.91 Å². The number of fused-ring (bicyclic) bond motifs is 3. The maximum Gasteiger partial charge on any atom is 0.216 e. The highest BCUT2D eigenvalue weighted by atomic mass is 16.5. The van der Waals surface area contributed by atoms with Crippen LogP contribution in [0.5, 0.6) is 5.75 Å². The molecule has 1 amide bonds. The SMILES string of the molecule is COc1cnc2c(c1)c(CCNC(C)=O)c1n2CCCC1. The molecule has 1 aliphatic heterocycles. The number of ether oxygens (including phenoxy) is 1. The molecular formula is C16H21N3O2. The van der Waals surface area contributed by atoms with E-state index in [4.69, 9.17) is 4.74 Å². The summed E-state index contributed by atoms with van der Waals surface area (Å²) in [5.74, 6) is 0.800. The predicted molar refractivity (Wildman–Crippen MR) is 81.6 cm³/mol. The summed E-state index contributed by atoms with van der Waals surface area (Å²) in [7, 11) is 1.66. The lowest BCUT2D eigenvalue weighted by atomic mass is 10.0. The molecule has 2 aromatic rings. The van der Waals surface area contributed by atoms with E-state index in [1.165, 1.54) is 24.1 Å². The Hall–Kier alpha value is -2.04. The van der Waals surface area contributed by atoms with Crippen LogP contribution in [-0.2, 0) is 24.2 Å². The average molecular weight is 287 g/mol. The van der Waals surface area contributed by atoms with Crippen LogP contribution in [0.1, 0.15) is 31.0 Å². The van der Waals surface area contributed by atoms with Crippen LogP contribution < -0.4 is 10.1 Å². The maximum atomic E-state index is 11.1. The number of carbonyl (C=O) groups excluding carboxylic acids is 1. The third kappa shape index (κ3) is 2.60. The Kier molecular flexibility index (Phi) is 3.82. The van der Waals surface area contributed by atoms with Crippen molar-refractivity contribution in [2.45, 2.75) is 39.2 Å². The third-order valence-corrected chi connectivity index (χ3v) is 4.13. The third-order valence-electron chi connectivity index (χ3n) is 4.13. The molecule has 0 atom stereocenters. The summed E-state index contributed by atoms with van der Waals surface area (Å²) in [4.78, 5) is 15.7. The van der Waals surface area contributed by atoms with Gasteiger partial charge < -0.3 is 14.6 Å². The van der Waals surface area contributed by atoms with Gasteiger partial charge in [-0.3, -0.25) is 4.79 Å². The first kappa shape index (κ1) is 13.9. The minimum Gasteiger partial charge on any atom is -0.495 e. The normalized spacial score (nSPS) is 14.0. The van der Waals surface area contributed by atoms with Gasteiger partial charge in [-0.2, -0.15) is 0 Å². The molecule has 0 radical (unpaired) electrons. The summed E-state index contributed by atoms with van der Waals surface area (Å²) >= 11 is 0. The molecule has 0 aliphatic carbocycles.